The van der Waals surface area contributed by atoms with E-state index in [2.05, 4.69) is 0 Å². The van der Waals surface area contributed by atoms with Crippen LogP contribution in [0.4, 0.5) is 0 Å². The third kappa shape index (κ3) is 4.54. The molecule has 1 aromatic carbocycles. The summed E-state index contributed by atoms with van der Waals surface area (Å²) in [5.74, 6) is 0.775. The Balaban J connectivity index is 2.80. The molecule has 4 heteroatoms. The topological polar surface area (TPSA) is 61.3 Å². The van der Waals surface area contributed by atoms with Crippen LogP contribution in [0.3, 0.4) is 0 Å². The molecule has 1 aromatic rings. The van der Waals surface area contributed by atoms with Gasteiger partial charge in [0.15, 0.2) is 0 Å². The van der Waals surface area contributed by atoms with Crippen LogP contribution in [0.1, 0.15) is 38.3 Å². The highest BCUT2D eigenvalue weighted by molar-refractivity contribution is 6.30. The fourth-order valence-corrected chi connectivity index (χ4v) is 1.86. The van der Waals surface area contributed by atoms with E-state index in [-0.39, 0.29) is 11.6 Å². The number of halogens is 1. The van der Waals surface area contributed by atoms with Crippen molar-refractivity contribution < 1.29 is 4.74 Å². The lowest BCUT2D eigenvalue weighted by Gasteiger charge is -2.22. The summed E-state index contributed by atoms with van der Waals surface area (Å²) in [7, 11) is 1.63. The van der Waals surface area contributed by atoms with E-state index in [1.54, 1.807) is 13.2 Å². The van der Waals surface area contributed by atoms with Crippen molar-refractivity contribution in [3.8, 4) is 5.75 Å². The third-order valence-electron chi connectivity index (χ3n) is 2.69. The van der Waals surface area contributed by atoms with Gasteiger partial charge in [-0.1, -0.05) is 11.6 Å². The summed E-state index contributed by atoms with van der Waals surface area (Å²) in [6.07, 6.45) is 1.66. The monoisotopic (exact) mass is 256 g/mol. The summed E-state index contributed by atoms with van der Waals surface area (Å²) in [6, 6.07) is 5.38. The highest BCUT2D eigenvalue weighted by Crippen LogP contribution is 2.30. The number of rotatable bonds is 5. The smallest absolute Gasteiger partial charge is 0.123 e. The highest BCUT2D eigenvalue weighted by atomic mass is 35.5. The van der Waals surface area contributed by atoms with Gasteiger partial charge in [-0.25, -0.2) is 0 Å². The zero-order chi connectivity index (χ0) is 13.1. The molecule has 0 aliphatic rings. The molecule has 0 aliphatic carbocycles. The number of hydrogen-bond acceptors (Lipinski definition) is 3. The van der Waals surface area contributed by atoms with Gasteiger partial charge in [0.2, 0.25) is 0 Å². The third-order valence-corrected chi connectivity index (χ3v) is 2.93. The van der Waals surface area contributed by atoms with Crippen LogP contribution in [0.2, 0.25) is 5.02 Å². The normalized spacial score (nSPS) is 13.5. The molecule has 1 rings (SSSR count). The molecule has 1 unspecified atom stereocenters. The van der Waals surface area contributed by atoms with Gasteiger partial charge >= 0.3 is 0 Å². The van der Waals surface area contributed by atoms with E-state index in [4.69, 9.17) is 27.8 Å². The molecular formula is C13H21ClN2O. The molecule has 0 aromatic heterocycles. The van der Waals surface area contributed by atoms with Crippen LogP contribution < -0.4 is 16.2 Å². The van der Waals surface area contributed by atoms with E-state index in [0.29, 0.717) is 5.02 Å². The van der Waals surface area contributed by atoms with Gasteiger partial charge in [-0.15, -0.1) is 0 Å². The van der Waals surface area contributed by atoms with Crippen LogP contribution in [-0.2, 0) is 0 Å². The van der Waals surface area contributed by atoms with Crippen molar-refractivity contribution in [3.05, 3.63) is 28.8 Å². The maximum atomic E-state index is 6.15. The summed E-state index contributed by atoms with van der Waals surface area (Å²) < 4.78 is 5.28. The van der Waals surface area contributed by atoms with E-state index in [1.165, 1.54) is 0 Å². The average Bonchev–Trinajstić information content (AvgIpc) is 2.25. The summed E-state index contributed by atoms with van der Waals surface area (Å²) in [6.45, 7) is 3.99. The predicted octanol–water partition coefficient (Wildman–Crippen LogP) is 2.87. The summed E-state index contributed by atoms with van der Waals surface area (Å²) in [4.78, 5) is 0. The molecule has 4 N–H and O–H groups in total. The second-order valence-electron chi connectivity index (χ2n) is 5.02. The van der Waals surface area contributed by atoms with E-state index in [1.807, 2.05) is 26.0 Å². The van der Waals surface area contributed by atoms with Crippen LogP contribution in [0.5, 0.6) is 5.75 Å². The molecule has 17 heavy (non-hydrogen) atoms. The van der Waals surface area contributed by atoms with Gasteiger partial charge in [0.05, 0.1) is 7.11 Å². The standard InChI is InChI=1S/C13H21ClN2O/c1-13(2,16)7-6-11(15)10-8-9(14)4-5-12(10)17-3/h4-5,8,11H,6-7,15-16H2,1-3H3. The summed E-state index contributed by atoms with van der Waals surface area (Å²) in [5, 5.41) is 0.670. The largest absolute Gasteiger partial charge is 0.496 e. The molecule has 0 heterocycles. The Bertz CT molecular complexity index is 374. The van der Waals surface area contributed by atoms with Gasteiger partial charge in [-0.2, -0.15) is 0 Å². The Hall–Kier alpha value is -0.770. The second kappa shape index (κ2) is 5.71. The van der Waals surface area contributed by atoms with Crippen LogP contribution in [-0.4, -0.2) is 12.6 Å². The van der Waals surface area contributed by atoms with E-state index >= 15 is 0 Å². The zero-order valence-electron chi connectivity index (χ0n) is 10.7. The van der Waals surface area contributed by atoms with Gasteiger partial charge in [0.1, 0.15) is 5.75 Å². The number of nitrogens with two attached hydrogens (primary N) is 2. The Kier molecular flexibility index (Phi) is 4.80. The molecule has 0 saturated heterocycles. The van der Waals surface area contributed by atoms with Gasteiger partial charge in [-0.3, -0.25) is 0 Å². The quantitative estimate of drug-likeness (QED) is 0.852. The lowest BCUT2D eigenvalue weighted by atomic mass is 9.93. The molecule has 0 aliphatic heterocycles. The first-order chi connectivity index (χ1) is 7.83. The Morgan fingerprint density at radius 1 is 1.41 bits per heavy atom. The van der Waals surface area contributed by atoms with Gasteiger partial charge in [0, 0.05) is 22.2 Å². The molecule has 96 valence electrons. The fourth-order valence-electron chi connectivity index (χ4n) is 1.68. The number of methoxy groups -OCH3 is 1. The maximum Gasteiger partial charge on any atom is 0.123 e. The molecule has 1 atom stereocenters. The number of ether oxygens (including phenoxy) is 1. The lowest BCUT2D eigenvalue weighted by Crippen LogP contribution is -2.32. The van der Waals surface area contributed by atoms with Crippen LogP contribution >= 0.6 is 11.6 Å². The predicted molar refractivity (Wildman–Crippen MR) is 72.4 cm³/mol. The first-order valence-electron chi connectivity index (χ1n) is 5.71. The van der Waals surface area contributed by atoms with Crippen molar-refractivity contribution in [2.24, 2.45) is 11.5 Å². The van der Waals surface area contributed by atoms with Crippen molar-refractivity contribution in [2.75, 3.05) is 7.11 Å². The molecule has 3 nitrogen and oxygen atoms in total. The van der Waals surface area contributed by atoms with Crippen LogP contribution in [0.15, 0.2) is 18.2 Å². The van der Waals surface area contributed by atoms with Crippen molar-refractivity contribution in [2.45, 2.75) is 38.3 Å². The van der Waals surface area contributed by atoms with Crippen molar-refractivity contribution in [3.63, 3.8) is 0 Å². The number of benzene rings is 1. The van der Waals surface area contributed by atoms with E-state index < -0.39 is 0 Å². The molecule has 0 radical (unpaired) electrons. The van der Waals surface area contributed by atoms with Gasteiger partial charge in [-0.05, 0) is 44.9 Å². The Morgan fingerprint density at radius 2 is 2.06 bits per heavy atom. The zero-order valence-corrected chi connectivity index (χ0v) is 11.4. The molecular weight excluding hydrogens is 236 g/mol. The van der Waals surface area contributed by atoms with Crippen molar-refractivity contribution in [1.82, 2.24) is 0 Å². The summed E-state index contributed by atoms with van der Waals surface area (Å²) in [5.41, 5.74) is 12.8. The Labute approximate surface area is 108 Å². The SMILES string of the molecule is COc1ccc(Cl)cc1C(N)CCC(C)(C)N. The molecule has 0 spiro atoms. The molecule has 0 bridgehead atoms. The number of hydrogen-bond donors (Lipinski definition) is 2. The minimum atomic E-state index is -0.205. The minimum absolute atomic E-state index is 0.105. The molecule has 0 fully saturated rings. The van der Waals surface area contributed by atoms with Gasteiger partial charge < -0.3 is 16.2 Å². The van der Waals surface area contributed by atoms with Crippen molar-refractivity contribution in [1.29, 1.82) is 0 Å². The van der Waals surface area contributed by atoms with E-state index in [9.17, 15) is 0 Å². The average molecular weight is 257 g/mol. The maximum absolute atomic E-state index is 6.15. The second-order valence-corrected chi connectivity index (χ2v) is 5.46. The first kappa shape index (κ1) is 14.3. The van der Waals surface area contributed by atoms with Crippen molar-refractivity contribution >= 4 is 11.6 Å². The lowest BCUT2D eigenvalue weighted by molar-refractivity contribution is 0.394. The molecule has 0 amide bonds. The van der Waals surface area contributed by atoms with Crippen LogP contribution in [0, 0.1) is 0 Å². The highest BCUT2D eigenvalue weighted by Gasteiger charge is 2.17. The van der Waals surface area contributed by atoms with Gasteiger partial charge in [0.25, 0.3) is 0 Å². The Morgan fingerprint density at radius 3 is 2.59 bits per heavy atom. The van der Waals surface area contributed by atoms with Crippen LogP contribution in [0.25, 0.3) is 0 Å². The summed E-state index contributed by atoms with van der Waals surface area (Å²) >= 11 is 5.97. The minimum Gasteiger partial charge on any atom is -0.496 e. The first-order valence-corrected chi connectivity index (χ1v) is 6.09. The molecule has 0 saturated carbocycles. The fraction of sp³-hybridized carbons (Fsp3) is 0.538. The van der Waals surface area contributed by atoms with E-state index in [0.717, 1.165) is 24.2 Å².